The van der Waals surface area contributed by atoms with Gasteiger partial charge in [0.15, 0.2) is 0 Å². The molecule has 6 heteroatoms. The molecule has 2 N–H and O–H groups in total. The first kappa shape index (κ1) is 19.2. The van der Waals surface area contributed by atoms with Gasteiger partial charge in [-0.15, -0.1) is 0 Å². The van der Waals surface area contributed by atoms with Crippen molar-refractivity contribution in [2.24, 2.45) is 0 Å². The first-order chi connectivity index (χ1) is 12.1. The standard InChI is InChI=1S/C19H28N2O4/c22-18(9-13-21-11-4-2-1-3-5-12-21)20-10-14-25-17-8-6-7-16(15-17)19(23)24/h6-8,15H,1-5,9-14H2,(H,20,22)(H,23,24). The van der Waals surface area contributed by atoms with Crippen LogP contribution in [0.4, 0.5) is 0 Å². The second kappa shape index (κ2) is 10.7. The zero-order chi connectivity index (χ0) is 17.9. The Morgan fingerprint density at radius 3 is 2.56 bits per heavy atom. The molecular weight excluding hydrogens is 320 g/mol. The number of nitrogens with zero attached hydrogens (tertiary/aromatic N) is 1. The molecule has 0 bridgehead atoms. The third-order valence-electron chi connectivity index (χ3n) is 4.38. The molecule has 0 aromatic heterocycles. The number of hydrogen-bond donors (Lipinski definition) is 2. The summed E-state index contributed by atoms with van der Waals surface area (Å²) in [5.41, 5.74) is 0.190. The quantitative estimate of drug-likeness (QED) is 0.706. The molecule has 25 heavy (non-hydrogen) atoms. The molecule has 0 atom stereocenters. The Balaban J connectivity index is 1.60. The van der Waals surface area contributed by atoms with Gasteiger partial charge in [-0.3, -0.25) is 4.79 Å². The Kier molecular flexibility index (Phi) is 8.25. The maximum Gasteiger partial charge on any atom is 0.335 e. The van der Waals surface area contributed by atoms with E-state index in [0.29, 0.717) is 25.3 Å². The lowest BCUT2D eigenvalue weighted by atomic mass is 10.1. The number of aromatic carboxylic acids is 1. The maximum absolute atomic E-state index is 11.9. The molecule has 1 aliphatic heterocycles. The Hall–Kier alpha value is -2.08. The summed E-state index contributed by atoms with van der Waals surface area (Å²) in [4.78, 5) is 25.2. The molecule has 138 valence electrons. The van der Waals surface area contributed by atoms with E-state index in [1.165, 1.54) is 44.2 Å². The first-order valence-electron chi connectivity index (χ1n) is 9.10. The predicted molar refractivity (Wildman–Crippen MR) is 96.0 cm³/mol. The number of nitrogens with one attached hydrogen (secondary N) is 1. The predicted octanol–water partition coefficient (Wildman–Crippen LogP) is 2.54. The van der Waals surface area contributed by atoms with E-state index >= 15 is 0 Å². The summed E-state index contributed by atoms with van der Waals surface area (Å²) in [5.74, 6) is -0.456. The highest BCUT2D eigenvalue weighted by molar-refractivity contribution is 5.88. The zero-order valence-corrected chi connectivity index (χ0v) is 14.7. The number of ether oxygens (including phenoxy) is 1. The number of benzene rings is 1. The van der Waals surface area contributed by atoms with Crippen LogP contribution in [0.2, 0.25) is 0 Å². The number of carbonyl (C=O) groups excluding carboxylic acids is 1. The minimum absolute atomic E-state index is 0.0324. The number of carbonyl (C=O) groups is 2. The SMILES string of the molecule is O=C(CCN1CCCCCCC1)NCCOc1cccc(C(=O)O)c1. The second-order valence-corrected chi connectivity index (χ2v) is 6.39. The van der Waals surface area contributed by atoms with E-state index in [9.17, 15) is 9.59 Å². The monoisotopic (exact) mass is 348 g/mol. The van der Waals surface area contributed by atoms with E-state index in [2.05, 4.69) is 10.2 Å². The summed E-state index contributed by atoms with van der Waals surface area (Å²) < 4.78 is 5.48. The number of likely N-dealkylation sites (tertiary alicyclic amines) is 1. The number of amides is 1. The van der Waals surface area contributed by atoms with Gasteiger partial charge in [-0.1, -0.05) is 25.3 Å². The van der Waals surface area contributed by atoms with Gasteiger partial charge in [0.05, 0.1) is 12.1 Å². The average Bonchev–Trinajstić information content (AvgIpc) is 2.58. The Morgan fingerprint density at radius 2 is 1.84 bits per heavy atom. The van der Waals surface area contributed by atoms with Crippen LogP contribution in [-0.2, 0) is 4.79 Å². The third-order valence-corrected chi connectivity index (χ3v) is 4.38. The molecule has 0 spiro atoms. The van der Waals surface area contributed by atoms with Crippen LogP contribution in [0.1, 0.15) is 48.9 Å². The summed E-state index contributed by atoms with van der Waals surface area (Å²) in [6.07, 6.45) is 6.89. The first-order valence-corrected chi connectivity index (χ1v) is 9.10. The highest BCUT2D eigenvalue weighted by Crippen LogP contribution is 2.13. The molecular formula is C19H28N2O4. The van der Waals surface area contributed by atoms with Crippen molar-refractivity contribution in [1.82, 2.24) is 10.2 Å². The Labute approximate surface area is 149 Å². The Bertz CT molecular complexity index is 554. The third kappa shape index (κ3) is 7.56. The van der Waals surface area contributed by atoms with Gasteiger partial charge >= 0.3 is 5.97 Å². The topological polar surface area (TPSA) is 78.9 Å². The molecule has 1 aromatic rings. The molecule has 2 rings (SSSR count). The van der Waals surface area contributed by atoms with Gasteiger partial charge in [0, 0.05) is 13.0 Å². The van der Waals surface area contributed by atoms with Gasteiger partial charge in [-0.25, -0.2) is 4.79 Å². The van der Waals surface area contributed by atoms with E-state index in [1.54, 1.807) is 12.1 Å². The molecule has 1 aromatic carbocycles. The van der Waals surface area contributed by atoms with Crippen molar-refractivity contribution < 1.29 is 19.4 Å². The smallest absolute Gasteiger partial charge is 0.335 e. The van der Waals surface area contributed by atoms with Crippen LogP contribution in [-0.4, -0.2) is 54.7 Å². The number of carboxylic acid groups (broad SMARTS) is 1. The van der Waals surface area contributed by atoms with Crippen LogP contribution in [0.5, 0.6) is 5.75 Å². The van der Waals surface area contributed by atoms with E-state index in [-0.39, 0.29) is 11.5 Å². The van der Waals surface area contributed by atoms with E-state index in [1.807, 2.05) is 0 Å². The second-order valence-electron chi connectivity index (χ2n) is 6.39. The van der Waals surface area contributed by atoms with Gasteiger partial charge in [-0.2, -0.15) is 0 Å². The summed E-state index contributed by atoms with van der Waals surface area (Å²) in [6, 6.07) is 6.34. The minimum Gasteiger partial charge on any atom is -0.492 e. The van der Waals surface area contributed by atoms with Gasteiger partial charge < -0.3 is 20.1 Å². The molecule has 0 saturated carbocycles. The van der Waals surface area contributed by atoms with Crippen LogP contribution in [0, 0.1) is 0 Å². The summed E-state index contributed by atoms with van der Waals surface area (Å²) >= 11 is 0. The lowest BCUT2D eigenvalue weighted by Gasteiger charge is -2.24. The van der Waals surface area contributed by atoms with Crippen LogP contribution in [0.15, 0.2) is 24.3 Å². The minimum atomic E-state index is -0.983. The summed E-state index contributed by atoms with van der Waals surface area (Å²) in [5, 5.41) is 11.8. The maximum atomic E-state index is 11.9. The molecule has 0 radical (unpaired) electrons. The fourth-order valence-electron chi connectivity index (χ4n) is 2.96. The molecule has 1 saturated heterocycles. The highest BCUT2D eigenvalue weighted by Gasteiger charge is 2.10. The van der Waals surface area contributed by atoms with Crippen LogP contribution in [0.3, 0.4) is 0 Å². The van der Waals surface area contributed by atoms with Crippen molar-refractivity contribution in [2.75, 3.05) is 32.8 Å². The normalized spacial score (nSPS) is 15.8. The lowest BCUT2D eigenvalue weighted by Crippen LogP contribution is -2.34. The van der Waals surface area contributed by atoms with E-state index < -0.39 is 5.97 Å². The number of rotatable bonds is 8. The molecule has 1 fully saturated rings. The molecule has 1 amide bonds. The van der Waals surface area contributed by atoms with Crippen molar-refractivity contribution in [2.45, 2.75) is 38.5 Å². The summed E-state index contributed by atoms with van der Waals surface area (Å²) in [6.45, 7) is 3.73. The number of hydrogen-bond acceptors (Lipinski definition) is 4. The van der Waals surface area contributed by atoms with Crippen molar-refractivity contribution in [3.05, 3.63) is 29.8 Å². The highest BCUT2D eigenvalue weighted by atomic mass is 16.5. The largest absolute Gasteiger partial charge is 0.492 e. The molecule has 0 unspecified atom stereocenters. The van der Waals surface area contributed by atoms with Crippen LogP contribution < -0.4 is 10.1 Å². The average molecular weight is 348 g/mol. The van der Waals surface area contributed by atoms with E-state index in [0.717, 1.165) is 19.6 Å². The fourth-order valence-corrected chi connectivity index (χ4v) is 2.96. The van der Waals surface area contributed by atoms with Crippen molar-refractivity contribution in [3.8, 4) is 5.75 Å². The van der Waals surface area contributed by atoms with Crippen LogP contribution in [0.25, 0.3) is 0 Å². The Morgan fingerprint density at radius 1 is 1.12 bits per heavy atom. The van der Waals surface area contributed by atoms with Crippen molar-refractivity contribution in [3.63, 3.8) is 0 Å². The van der Waals surface area contributed by atoms with Crippen molar-refractivity contribution in [1.29, 1.82) is 0 Å². The van der Waals surface area contributed by atoms with Gasteiger partial charge in [0.1, 0.15) is 12.4 Å². The number of carboxylic acids is 1. The van der Waals surface area contributed by atoms with Crippen molar-refractivity contribution >= 4 is 11.9 Å². The van der Waals surface area contributed by atoms with Crippen LogP contribution >= 0.6 is 0 Å². The van der Waals surface area contributed by atoms with E-state index in [4.69, 9.17) is 9.84 Å². The fraction of sp³-hybridized carbons (Fsp3) is 0.579. The molecule has 1 heterocycles. The molecule has 0 aliphatic carbocycles. The zero-order valence-electron chi connectivity index (χ0n) is 14.7. The molecule has 6 nitrogen and oxygen atoms in total. The van der Waals surface area contributed by atoms with Gasteiger partial charge in [0.25, 0.3) is 0 Å². The molecule has 1 aliphatic rings. The lowest BCUT2D eigenvalue weighted by molar-refractivity contribution is -0.121. The van der Waals surface area contributed by atoms with Gasteiger partial charge in [0.2, 0.25) is 5.91 Å². The summed E-state index contributed by atoms with van der Waals surface area (Å²) in [7, 11) is 0. The van der Waals surface area contributed by atoms with Gasteiger partial charge in [-0.05, 0) is 44.1 Å².